The zero-order chi connectivity index (χ0) is 13.6. The third kappa shape index (κ3) is 4.42. The Morgan fingerprint density at radius 2 is 1.89 bits per heavy atom. The smallest absolute Gasteiger partial charge is 0.211 e. The van der Waals surface area contributed by atoms with Crippen LogP contribution in [0.2, 0.25) is 0 Å². The quantitative estimate of drug-likeness (QED) is 0.827. The Balaban J connectivity index is 2.93. The van der Waals surface area contributed by atoms with Crippen molar-refractivity contribution >= 4 is 10.0 Å². The predicted octanol–water partition coefficient (Wildman–Crippen LogP) is 2.96. The van der Waals surface area contributed by atoms with Crippen molar-refractivity contribution in [3.8, 4) is 0 Å². The fourth-order valence-corrected chi connectivity index (χ4v) is 3.18. The Labute approximate surface area is 111 Å². The molecule has 4 heteroatoms. The molecular weight excluding hydrogens is 246 g/mol. The molecular formula is C14H23NO2S. The molecule has 3 nitrogen and oxygen atoms in total. The van der Waals surface area contributed by atoms with Gasteiger partial charge in [0.25, 0.3) is 0 Å². The van der Waals surface area contributed by atoms with Gasteiger partial charge in [-0.05, 0) is 30.4 Å². The van der Waals surface area contributed by atoms with Crippen LogP contribution >= 0.6 is 0 Å². The summed E-state index contributed by atoms with van der Waals surface area (Å²) >= 11 is 0. The Kier molecular flexibility index (Phi) is 5.82. The molecule has 1 aromatic rings. The van der Waals surface area contributed by atoms with Crippen molar-refractivity contribution in [1.29, 1.82) is 0 Å². The lowest BCUT2D eigenvalue weighted by molar-refractivity contribution is 0.559. The van der Waals surface area contributed by atoms with Gasteiger partial charge in [0, 0.05) is 6.54 Å². The number of nitrogens with one attached hydrogen (secondary N) is 1. The van der Waals surface area contributed by atoms with E-state index in [1.807, 2.05) is 26.0 Å². The van der Waals surface area contributed by atoms with Crippen LogP contribution in [-0.2, 0) is 16.4 Å². The maximum Gasteiger partial charge on any atom is 0.240 e. The van der Waals surface area contributed by atoms with Gasteiger partial charge in [0.15, 0.2) is 0 Å². The molecule has 0 heterocycles. The van der Waals surface area contributed by atoms with Crippen molar-refractivity contribution in [2.75, 3.05) is 6.54 Å². The molecule has 0 aliphatic carbocycles. The first-order chi connectivity index (χ1) is 8.47. The van der Waals surface area contributed by atoms with E-state index in [-0.39, 0.29) is 0 Å². The molecule has 0 radical (unpaired) electrons. The topological polar surface area (TPSA) is 46.2 Å². The van der Waals surface area contributed by atoms with E-state index < -0.39 is 10.0 Å². The fraction of sp³-hybridized carbons (Fsp3) is 0.571. The second kappa shape index (κ2) is 6.90. The number of unbranched alkanes of at least 4 members (excludes halogenated alkanes) is 1. The van der Waals surface area contributed by atoms with Gasteiger partial charge in [-0.3, -0.25) is 0 Å². The van der Waals surface area contributed by atoms with Crippen LogP contribution in [0.1, 0.15) is 39.2 Å². The molecule has 0 amide bonds. The van der Waals surface area contributed by atoms with Crippen LogP contribution in [0, 0.1) is 5.92 Å². The number of hydrogen-bond donors (Lipinski definition) is 1. The van der Waals surface area contributed by atoms with Crippen molar-refractivity contribution in [2.24, 2.45) is 5.92 Å². The van der Waals surface area contributed by atoms with Crippen LogP contribution in [0.15, 0.2) is 29.2 Å². The van der Waals surface area contributed by atoms with Gasteiger partial charge in [0.05, 0.1) is 4.90 Å². The molecule has 0 saturated carbocycles. The van der Waals surface area contributed by atoms with Gasteiger partial charge in [-0.2, -0.15) is 0 Å². The van der Waals surface area contributed by atoms with Crippen molar-refractivity contribution < 1.29 is 8.42 Å². The van der Waals surface area contributed by atoms with E-state index in [1.165, 1.54) is 0 Å². The maximum atomic E-state index is 12.2. The first kappa shape index (κ1) is 15.2. The standard InChI is InChI=1S/C14H23NO2S/c1-4-5-8-13-9-6-7-10-14(13)18(16,17)15-11-12(2)3/h6-7,9-10,12,15H,4-5,8,11H2,1-3H3. The van der Waals surface area contributed by atoms with E-state index >= 15 is 0 Å². The Hall–Kier alpha value is -0.870. The highest BCUT2D eigenvalue weighted by molar-refractivity contribution is 7.89. The lowest BCUT2D eigenvalue weighted by Crippen LogP contribution is -2.28. The van der Waals surface area contributed by atoms with E-state index in [4.69, 9.17) is 0 Å². The molecule has 1 N–H and O–H groups in total. The molecule has 18 heavy (non-hydrogen) atoms. The molecule has 0 saturated heterocycles. The van der Waals surface area contributed by atoms with Gasteiger partial charge < -0.3 is 0 Å². The molecule has 0 atom stereocenters. The summed E-state index contributed by atoms with van der Waals surface area (Å²) in [7, 11) is -3.37. The third-order valence-corrected chi connectivity index (χ3v) is 4.27. The number of rotatable bonds is 7. The molecule has 1 rings (SSSR count). The van der Waals surface area contributed by atoms with Gasteiger partial charge in [-0.1, -0.05) is 45.4 Å². The van der Waals surface area contributed by atoms with Gasteiger partial charge in [0.2, 0.25) is 10.0 Å². The minimum Gasteiger partial charge on any atom is -0.211 e. The highest BCUT2D eigenvalue weighted by Crippen LogP contribution is 2.17. The summed E-state index contributed by atoms with van der Waals surface area (Å²) in [6.45, 7) is 6.57. The average Bonchev–Trinajstić information content (AvgIpc) is 2.34. The molecule has 0 fully saturated rings. The van der Waals surface area contributed by atoms with Crippen molar-refractivity contribution in [1.82, 2.24) is 4.72 Å². The molecule has 0 aromatic heterocycles. The Bertz CT molecular complexity index is 466. The first-order valence-corrected chi connectivity index (χ1v) is 8.03. The largest absolute Gasteiger partial charge is 0.240 e. The summed E-state index contributed by atoms with van der Waals surface area (Å²) in [5.74, 6) is 0.308. The van der Waals surface area contributed by atoms with Crippen LogP contribution in [0.3, 0.4) is 0 Å². The molecule has 102 valence electrons. The maximum absolute atomic E-state index is 12.2. The zero-order valence-corrected chi connectivity index (χ0v) is 12.3. The molecule has 0 aliphatic heterocycles. The molecule has 0 unspecified atom stereocenters. The second-order valence-electron chi connectivity index (χ2n) is 4.96. The SMILES string of the molecule is CCCCc1ccccc1S(=O)(=O)NCC(C)C. The summed E-state index contributed by atoms with van der Waals surface area (Å²) in [6.07, 6.45) is 2.89. The number of hydrogen-bond acceptors (Lipinski definition) is 2. The highest BCUT2D eigenvalue weighted by atomic mass is 32.2. The van der Waals surface area contributed by atoms with Crippen molar-refractivity contribution in [3.63, 3.8) is 0 Å². The van der Waals surface area contributed by atoms with Gasteiger partial charge >= 0.3 is 0 Å². The molecule has 0 bridgehead atoms. The van der Waals surface area contributed by atoms with Crippen LogP contribution in [-0.4, -0.2) is 15.0 Å². The number of aryl methyl sites for hydroxylation is 1. The highest BCUT2D eigenvalue weighted by Gasteiger charge is 2.17. The van der Waals surface area contributed by atoms with Crippen LogP contribution in [0.5, 0.6) is 0 Å². The van der Waals surface area contributed by atoms with Crippen molar-refractivity contribution in [3.05, 3.63) is 29.8 Å². The monoisotopic (exact) mass is 269 g/mol. The summed E-state index contributed by atoms with van der Waals surface area (Å²) in [6, 6.07) is 7.26. The Morgan fingerprint density at radius 1 is 1.22 bits per heavy atom. The first-order valence-electron chi connectivity index (χ1n) is 6.55. The molecule has 0 spiro atoms. The third-order valence-electron chi connectivity index (χ3n) is 2.74. The molecule has 0 aliphatic rings. The van der Waals surface area contributed by atoms with Crippen molar-refractivity contribution in [2.45, 2.75) is 44.9 Å². The van der Waals surface area contributed by atoms with Gasteiger partial charge in [-0.15, -0.1) is 0 Å². The van der Waals surface area contributed by atoms with Gasteiger partial charge in [-0.25, -0.2) is 13.1 Å². The predicted molar refractivity (Wildman–Crippen MR) is 75.1 cm³/mol. The Morgan fingerprint density at radius 3 is 2.50 bits per heavy atom. The van der Waals surface area contributed by atoms with Crippen LogP contribution < -0.4 is 4.72 Å². The summed E-state index contributed by atoms with van der Waals surface area (Å²) in [5, 5.41) is 0. The van der Waals surface area contributed by atoms with Gasteiger partial charge in [0.1, 0.15) is 0 Å². The van der Waals surface area contributed by atoms with E-state index in [1.54, 1.807) is 12.1 Å². The van der Waals surface area contributed by atoms with Crippen LogP contribution in [0.25, 0.3) is 0 Å². The zero-order valence-electron chi connectivity index (χ0n) is 11.4. The number of benzene rings is 1. The lowest BCUT2D eigenvalue weighted by atomic mass is 10.1. The minimum absolute atomic E-state index is 0.308. The van der Waals surface area contributed by atoms with E-state index in [0.29, 0.717) is 17.4 Å². The second-order valence-corrected chi connectivity index (χ2v) is 6.69. The fourth-order valence-electron chi connectivity index (χ4n) is 1.69. The average molecular weight is 269 g/mol. The van der Waals surface area contributed by atoms with E-state index in [9.17, 15) is 8.42 Å². The lowest BCUT2D eigenvalue weighted by Gasteiger charge is -2.12. The summed E-state index contributed by atoms with van der Waals surface area (Å²) in [4.78, 5) is 0.430. The minimum atomic E-state index is -3.37. The van der Waals surface area contributed by atoms with Crippen LogP contribution in [0.4, 0.5) is 0 Å². The number of sulfonamides is 1. The molecule has 1 aromatic carbocycles. The van der Waals surface area contributed by atoms with E-state index in [0.717, 1.165) is 24.8 Å². The summed E-state index contributed by atoms with van der Waals surface area (Å²) in [5.41, 5.74) is 0.913. The summed E-state index contributed by atoms with van der Waals surface area (Å²) < 4.78 is 27.1. The van der Waals surface area contributed by atoms with E-state index in [2.05, 4.69) is 11.6 Å². The normalized spacial score (nSPS) is 12.0.